The van der Waals surface area contributed by atoms with Gasteiger partial charge in [0.15, 0.2) is 6.29 Å². The SMILES string of the molecule is C/C=C/CC/C=C\C/C=C\CCC=C=C/C=C/C(=O)OCC(COC(=O)CCC(OCCCCCCCC)OCCCCCCCC)COC(=O)OCC1CN(CC)C1. The molecule has 0 radical (unpaired) electrons. The summed E-state index contributed by atoms with van der Waals surface area (Å²) in [6, 6.07) is 0. The first-order valence-electron chi connectivity index (χ1n) is 23.0. The largest absolute Gasteiger partial charge is 0.508 e. The second-order valence-corrected chi connectivity index (χ2v) is 15.3. The maximum atomic E-state index is 12.9. The quantitative estimate of drug-likeness (QED) is 0.00872. The van der Waals surface area contributed by atoms with Crippen molar-refractivity contribution in [1.82, 2.24) is 4.90 Å². The molecular weight excluding hydrogens is 747 g/mol. The Morgan fingerprint density at radius 2 is 1.29 bits per heavy atom. The predicted molar refractivity (Wildman–Crippen MR) is 238 cm³/mol. The van der Waals surface area contributed by atoms with Crippen LogP contribution in [0.1, 0.15) is 150 Å². The zero-order chi connectivity index (χ0) is 42.9. The van der Waals surface area contributed by atoms with E-state index in [0.717, 1.165) is 77.4 Å². The maximum Gasteiger partial charge on any atom is 0.508 e. The van der Waals surface area contributed by atoms with Crippen molar-refractivity contribution in [3.05, 3.63) is 66.5 Å². The number of rotatable bonds is 38. The van der Waals surface area contributed by atoms with E-state index in [-0.39, 0.29) is 38.8 Å². The lowest BCUT2D eigenvalue weighted by molar-refractivity contribution is -0.161. The molecule has 0 amide bonds. The van der Waals surface area contributed by atoms with Gasteiger partial charge in [0.25, 0.3) is 0 Å². The minimum atomic E-state index is -0.796. The van der Waals surface area contributed by atoms with Gasteiger partial charge in [-0.1, -0.05) is 121 Å². The molecule has 10 nitrogen and oxygen atoms in total. The summed E-state index contributed by atoms with van der Waals surface area (Å²) in [5.41, 5.74) is 3.05. The lowest BCUT2D eigenvalue weighted by Crippen LogP contribution is -2.48. The zero-order valence-corrected chi connectivity index (χ0v) is 37.4. The highest BCUT2D eigenvalue weighted by molar-refractivity contribution is 5.82. The van der Waals surface area contributed by atoms with E-state index in [9.17, 15) is 14.4 Å². The van der Waals surface area contributed by atoms with Crippen molar-refractivity contribution < 1.29 is 42.8 Å². The van der Waals surface area contributed by atoms with Gasteiger partial charge < -0.3 is 33.3 Å². The lowest BCUT2D eigenvalue weighted by Gasteiger charge is -2.37. The Balaban J connectivity index is 2.61. The van der Waals surface area contributed by atoms with E-state index in [2.05, 4.69) is 67.9 Å². The summed E-state index contributed by atoms with van der Waals surface area (Å²) in [5.74, 6) is -1.28. The number of carbonyl (C=O) groups is 3. The summed E-state index contributed by atoms with van der Waals surface area (Å²) >= 11 is 0. The monoisotopic (exact) mass is 828 g/mol. The topological polar surface area (TPSA) is 110 Å². The molecule has 1 unspecified atom stereocenters. The van der Waals surface area contributed by atoms with E-state index in [1.807, 2.05) is 13.0 Å². The number of allylic oxidation sites excluding steroid dienone is 8. The molecule has 0 spiro atoms. The zero-order valence-electron chi connectivity index (χ0n) is 37.4. The van der Waals surface area contributed by atoms with E-state index in [1.165, 1.54) is 57.4 Å². The number of ether oxygens (including phenoxy) is 6. The highest BCUT2D eigenvalue weighted by atomic mass is 16.7. The molecule has 336 valence electrons. The van der Waals surface area contributed by atoms with Crippen LogP contribution in [0.15, 0.2) is 66.5 Å². The van der Waals surface area contributed by atoms with Crippen LogP contribution in [-0.2, 0) is 38.0 Å². The average Bonchev–Trinajstić information content (AvgIpc) is 3.22. The van der Waals surface area contributed by atoms with Gasteiger partial charge in [0.2, 0.25) is 0 Å². The highest BCUT2D eigenvalue weighted by Gasteiger charge is 2.27. The average molecular weight is 828 g/mol. The van der Waals surface area contributed by atoms with Crippen molar-refractivity contribution in [3.63, 3.8) is 0 Å². The number of carbonyl (C=O) groups excluding carboxylic acids is 3. The predicted octanol–water partition coefficient (Wildman–Crippen LogP) is 11.6. The Labute approximate surface area is 358 Å². The summed E-state index contributed by atoms with van der Waals surface area (Å²) in [5, 5.41) is 0. The minimum absolute atomic E-state index is 0.0942. The second-order valence-electron chi connectivity index (χ2n) is 15.3. The molecule has 0 N–H and O–H groups in total. The smallest absolute Gasteiger partial charge is 0.465 e. The van der Waals surface area contributed by atoms with Crippen LogP contribution in [0, 0.1) is 11.8 Å². The fraction of sp³-hybridized carbons (Fsp3) is 0.714. The molecule has 0 aliphatic carbocycles. The van der Waals surface area contributed by atoms with E-state index in [4.69, 9.17) is 28.4 Å². The molecule has 0 aromatic rings. The summed E-state index contributed by atoms with van der Waals surface area (Å²) in [7, 11) is 0. The molecule has 1 atom stereocenters. The van der Waals surface area contributed by atoms with Gasteiger partial charge in [0, 0.05) is 44.7 Å². The van der Waals surface area contributed by atoms with Crippen LogP contribution in [-0.4, -0.2) is 88.6 Å². The molecule has 10 heteroatoms. The van der Waals surface area contributed by atoms with Crippen molar-refractivity contribution >= 4 is 18.1 Å². The van der Waals surface area contributed by atoms with Crippen LogP contribution in [0.3, 0.4) is 0 Å². The van der Waals surface area contributed by atoms with Crippen molar-refractivity contribution in [2.24, 2.45) is 11.8 Å². The van der Waals surface area contributed by atoms with Crippen molar-refractivity contribution in [2.45, 2.75) is 156 Å². The molecule has 1 rings (SSSR count). The number of esters is 2. The van der Waals surface area contributed by atoms with Gasteiger partial charge in [-0.05, 0) is 76.6 Å². The highest BCUT2D eigenvalue weighted by Crippen LogP contribution is 2.16. The van der Waals surface area contributed by atoms with E-state index in [1.54, 1.807) is 12.2 Å². The Morgan fingerprint density at radius 1 is 0.695 bits per heavy atom. The third kappa shape index (κ3) is 34.0. The Bertz CT molecular complexity index is 1210. The van der Waals surface area contributed by atoms with E-state index >= 15 is 0 Å². The fourth-order valence-corrected chi connectivity index (χ4v) is 6.15. The van der Waals surface area contributed by atoms with Gasteiger partial charge in [0.05, 0.1) is 12.3 Å². The van der Waals surface area contributed by atoms with Crippen molar-refractivity contribution in [1.29, 1.82) is 0 Å². The summed E-state index contributed by atoms with van der Waals surface area (Å²) in [4.78, 5) is 40.0. The number of hydrogen-bond acceptors (Lipinski definition) is 10. The first-order chi connectivity index (χ1) is 28.9. The van der Waals surface area contributed by atoms with Crippen LogP contribution >= 0.6 is 0 Å². The van der Waals surface area contributed by atoms with Crippen molar-refractivity contribution in [2.75, 3.05) is 59.3 Å². The van der Waals surface area contributed by atoms with E-state index in [0.29, 0.717) is 19.6 Å². The standard InChI is InChI=1S/C49H81NO9/c1-5-9-12-15-18-19-20-21-22-23-24-25-26-27-30-33-46(51)56-41-45(43-59-49(53)58-40-44-38-50(8-4)39-44)42-57-47(52)34-35-48(54-36-31-28-16-13-10-6-2)55-37-32-29-17-14-11-7-3/h5,9,18-19,21-22,25,27,30,33,44-45,48H,6-8,10-17,20,23-24,28-29,31-32,34-43H2,1-4H3/b9-5+,19-18-,22-21-,33-30+. The Kier molecular flexibility index (Phi) is 36.3. The van der Waals surface area contributed by atoms with Crippen LogP contribution in [0.25, 0.3) is 0 Å². The van der Waals surface area contributed by atoms with Crippen LogP contribution in [0.4, 0.5) is 4.79 Å². The lowest BCUT2D eigenvalue weighted by atomic mass is 10.0. The maximum absolute atomic E-state index is 12.9. The molecule has 0 aromatic carbocycles. The third-order valence-electron chi connectivity index (χ3n) is 9.84. The number of hydrogen-bond donors (Lipinski definition) is 0. The summed E-state index contributed by atoms with van der Waals surface area (Å²) in [6.45, 7) is 12.4. The van der Waals surface area contributed by atoms with Gasteiger partial charge >= 0.3 is 18.1 Å². The summed E-state index contributed by atoms with van der Waals surface area (Å²) in [6.07, 6.45) is 37.4. The molecule has 1 aliphatic heterocycles. The minimum Gasteiger partial charge on any atom is -0.465 e. The number of unbranched alkanes of at least 4 members (excludes halogenated alkanes) is 12. The molecule has 1 aliphatic rings. The normalized spacial score (nSPS) is 14.0. The van der Waals surface area contributed by atoms with Crippen LogP contribution < -0.4 is 0 Å². The fourth-order valence-electron chi connectivity index (χ4n) is 6.15. The van der Waals surface area contributed by atoms with Crippen LogP contribution in [0.5, 0.6) is 0 Å². The molecule has 0 saturated carbocycles. The van der Waals surface area contributed by atoms with Crippen molar-refractivity contribution in [3.8, 4) is 0 Å². The number of nitrogens with zero attached hydrogens (tertiary/aromatic N) is 1. The Hall–Kier alpha value is -3.43. The molecular formula is C49H81NO9. The van der Waals surface area contributed by atoms with Crippen LogP contribution in [0.2, 0.25) is 0 Å². The number of likely N-dealkylation sites (tertiary alicyclic amines) is 1. The first-order valence-corrected chi connectivity index (χ1v) is 23.0. The second kappa shape index (κ2) is 40.0. The molecule has 1 fully saturated rings. The third-order valence-corrected chi connectivity index (χ3v) is 9.84. The van der Waals surface area contributed by atoms with Gasteiger partial charge in [-0.3, -0.25) is 4.79 Å². The van der Waals surface area contributed by atoms with Gasteiger partial charge in [-0.15, -0.1) is 5.73 Å². The van der Waals surface area contributed by atoms with Gasteiger partial charge in [0.1, 0.15) is 26.4 Å². The van der Waals surface area contributed by atoms with Gasteiger partial charge in [-0.25, -0.2) is 9.59 Å². The molecule has 1 heterocycles. The van der Waals surface area contributed by atoms with Gasteiger partial charge in [-0.2, -0.15) is 0 Å². The Morgan fingerprint density at radius 3 is 1.93 bits per heavy atom. The molecule has 59 heavy (non-hydrogen) atoms. The summed E-state index contributed by atoms with van der Waals surface area (Å²) < 4.78 is 33.8. The molecule has 0 aromatic heterocycles. The molecule has 0 bridgehead atoms. The van der Waals surface area contributed by atoms with E-state index < -0.39 is 30.3 Å². The molecule has 1 saturated heterocycles. The first kappa shape index (κ1) is 53.6.